The van der Waals surface area contributed by atoms with Crippen LogP contribution < -0.4 is 10.3 Å². The van der Waals surface area contributed by atoms with E-state index in [0.717, 1.165) is 5.56 Å². The number of halogens is 2. The van der Waals surface area contributed by atoms with Crippen LogP contribution in [0.15, 0.2) is 107 Å². The Labute approximate surface area is 216 Å². The molecule has 0 amide bonds. The van der Waals surface area contributed by atoms with Crippen molar-refractivity contribution < 1.29 is 9.53 Å². The zero-order valence-electron chi connectivity index (χ0n) is 18.6. The number of hydrogen-bond donors (Lipinski definition) is 0. The highest BCUT2D eigenvalue weighted by Gasteiger charge is 2.14. The molecule has 4 aromatic carbocycles. The first kappa shape index (κ1) is 23.5. The Morgan fingerprint density at radius 1 is 0.861 bits per heavy atom. The molecule has 1 heterocycles. The minimum Gasteiger partial charge on any atom is -0.422 e. The van der Waals surface area contributed by atoms with Gasteiger partial charge in [-0.15, -0.1) is 0 Å². The molecule has 0 unspecified atom stereocenters. The Morgan fingerprint density at radius 2 is 1.56 bits per heavy atom. The van der Waals surface area contributed by atoms with E-state index >= 15 is 0 Å². The lowest BCUT2D eigenvalue weighted by Gasteiger charge is -2.10. The van der Waals surface area contributed by atoms with Gasteiger partial charge >= 0.3 is 5.97 Å². The lowest BCUT2D eigenvalue weighted by molar-refractivity contribution is 0.0734. The van der Waals surface area contributed by atoms with Crippen molar-refractivity contribution in [2.24, 2.45) is 5.10 Å². The fourth-order valence-corrected chi connectivity index (χ4v) is 3.89. The fraction of sp³-hybridized carbons (Fsp3) is 0. The minimum atomic E-state index is -0.571. The van der Waals surface area contributed by atoms with Crippen LogP contribution >= 0.6 is 23.2 Å². The quantitative estimate of drug-likeness (QED) is 0.153. The standard InChI is InChI=1S/C28H17Cl2N3O3/c29-21-12-10-19(11-13-21)28(35)36-25-15-14-22(30)16-20(25)17-31-33-26(18-6-2-1-3-7-18)32-24-9-5-4-8-23(24)27(33)34/h1-17H. The SMILES string of the molecule is O=C(Oc1ccc(Cl)cc1C=Nn1c(-c2ccccc2)nc2ccccc2c1=O)c1ccc(Cl)cc1. The first-order valence-electron chi connectivity index (χ1n) is 10.9. The van der Waals surface area contributed by atoms with Crippen molar-refractivity contribution >= 4 is 46.3 Å². The van der Waals surface area contributed by atoms with Gasteiger partial charge in [-0.3, -0.25) is 4.79 Å². The Balaban J connectivity index is 1.58. The molecule has 0 fully saturated rings. The zero-order chi connectivity index (χ0) is 25.1. The number of carbonyl (C=O) groups is 1. The van der Waals surface area contributed by atoms with Crippen LogP contribution in [0.2, 0.25) is 10.0 Å². The Morgan fingerprint density at radius 3 is 2.33 bits per heavy atom. The molecule has 36 heavy (non-hydrogen) atoms. The van der Waals surface area contributed by atoms with Gasteiger partial charge in [-0.2, -0.15) is 9.78 Å². The number of benzene rings is 4. The van der Waals surface area contributed by atoms with E-state index in [-0.39, 0.29) is 11.3 Å². The molecule has 0 aliphatic carbocycles. The lowest BCUT2D eigenvalue weighted by Crippen LogP contribution is -2.20. The van der Waals surface area contributed by atoms with Gasteiger partial charge in [0, 0.05) is 21.2 Å². The maximum Gasteiger partial charge on any atom is 0.343 e. The van der Waals surface area contributed by atoms with Gasteiger partial charge in [0.05, 0.1) is 22.7 Å². The molecule has 0 aliphatic heterocycles. The second-order valence-corrected chi connectivity index (χ2v) is 8.63. The number of para-hydroxylation sites is 1. The highest BCUT2D eigenvalue weighted by Crippen LogP contribution is 2.24. The molecule has 5 rings (SSSR count). The second-order valence-electron chi connectivity index (χ2n) is 7.76. The largest absolute Gasteiger partial charge is 0.422 e. The molecular formula is C28H17Cl2N3O3. The second kappa shape index (κ2) is 10.2. The molecule has 0 bridgehead atoms. The average Bonchev–Trinajstić information content (AvgIpc) is 2.90. The summed E-state index contributed by atoms with van der Waals surface area (Å²) in [4.78, 5) is 30.7. The molecule has 0 aliphatic rings. The monoisotopic (exact) mass is 513 g/mol. The minimum absolute atomic E-state index is 0.228. The maximum absolute atomic E-state index is 13.4. The fourth-order valence-electron chi connectivity index (χ4n) is 3.58. The summed E-state index contributed by atoms with van der Waals surface area (Å²) in [5.74, 6) is 0.0293. The Bertz CT molecular complexity index is 1660. The van der Waals surface area contributed by atoms with Gasteiger partial charge in [-0.05, 0) is 54.6 Å². The third-order valence-electron chi connectivity index (χ3n) is 5.35. The predicted molar refractivity (Wildman–Crippen MR) is 142 cm³/mol. The first-order valence-corrected chi connectivity index (χ1v) is 11.6. The normalized spacial score (nSPS) is 11.2. The molecule has 0 spiro atoms. The number of hydrogen-bond acceptors (Lipinski definition) is 5. The van der Waals surface area contributed by atoms with Crippen molar-refractivity contribution in [2.45, 2.75) is 0 Å². The van der Waals surface area contributed by atoms with Crippen molar-refractivity contribution in [3.8, 4) is 17.1 Å². The molecule has 176 valence electrons. The van der Waals surface area contributed by atoms with Crippen molar-refractivity contribution in [2.75, 3.05) is 0 Å². The van der Waals surface area contributed by atoms with Crippen LogP contribution in [0.3, 0.4) is 0 Å². The van der Waals surface area contributed by atoms with Gasteiger partial charge in [-0.25, -0.2) is 9.78 Å². The predicted octanol–water partition coefficient (Wildman–Crippen LogP) is 6.47. The van der Waals surface area contributed by atoms with E-state index in [1.807, 2.05) is 36.4 Å². The summed E-state index contributed by atoms with van der Waals surface area (Å²) in [6, 6.07) is 27.5. The van der Waals surface area contributed by atoms with Gasteiger partial charge in [0.2, 0.25) is 0 Å². The van der Waals surface area contributed by atoms with Crippen LogP contribution in [0.4, 0.5) is 0 Å². The highest BCUT2D eigenvalue weighted by molar-refractivity contribution is 6.31. The van der Waals surface area contributed by atoms with E-state index in [4.69, 9.17) is 27.9 Å². The molecule has 6 nitrogen and oxygen atoms in total. The van der Waals surface area contributed by atoms with Crippen LogP contribution in [0.25, 0.3) is 22.3 Å². The zero-order valence-corrected chi connectivity index (χ0v) is 20.1. The number of rotatable bonds is 5. The summed E-state index contributed by atoms with van der Waals surface area (Å²) in [5.41, 5.74) is 1.69. The molecule has 0 N–H and O–H groups in total. The molecule has 1 aromatic heterocycles. The molecule has 0 saturated carbocycles. The molecular weight excluding hydrogens is 497 g/mol. The average molecular weight is 514 g/mol. The maximum atomic E-state index is 13.4. The van der Waals surface area contributed by atoms with Crippen molar-refractivity contribution in [1.82, 2.24) is 9.66 Å². The van der Waals surface area contributed by atoms with Gasteiger partial charge in [0.25, 0.3) is 5.56 Å². The third-order valence-corrected chi connectivity index (χ3v) is 5.84. The summed E-state index contributed by atoms with van der Waals surface area (Å²) < 4.78 is 6.82. The van der Waals surface area contributed by atoms with E-state index in [0.29, 0.717) is 37.9 Å². The van der Waals surface area contributed by atoms with Crippen LogP contribution in [0.1, 0.15) is 15.9 Å². The Kier molecular flexibility index (Phi) is 6.62. The number of carbonyl (C=O) groups excluding carboxylic acids is 1. The Hall–Kier alpha value is -4.26. The summed E-state index contributed by atoms with van der Waals surface area (Å²) in [6.07, 6.45) is 1.42. The number of ether oxygens (including phenoxy) is 1. The van der Waals surface area contributed by atoms with Crippen molar-refractivity contribution in [3.63, 3.8) is 0 Å². The van der Waals surface area contributed by atoms with Crippen molar-refractivity contribution in [1.29, 1.82) is 0 Å². The van der Waals surface area contributed by atoms with E-state index in [2.05, 4.69) is 10.1 Å². The molecule has 0 saturated heterocycles. The number of fused-ring (bicyclic) bond motifs is 1. The van der Waals surface area contributed by atoms with Crippen LogP contribution in [-0.4, -0.2) is 21.8 Å². The van der Waals surface area contributed by atoms with Gasteiger partial charge in [0.15, 0.2) is 5.82 Å². The summed E-state index contributed by atoms with van der Waals surface area (Å²) in [5, 5.41) is 5.79. The molecule has 0 atom stereocenters. The van der Waals surface area contributed by atoms with Crippen LogP contribution in [-0.2, 0) is 0 Å². The smallest absolute Gasteiger partial charge is 0.343 e. The van der Waals surface area contributed by atoms with Gasteiger partial charge in [0.1, 0.15) is 5.75 Å². The molecule has 0 radical (unpaired) electrons. The van der Waals surface area contributed by atoms with Gasteiger partial charge in [-0.1, -0.05) is 65.7 Å². The van der Waals surface area contributed by atoms with Gasteiger partial charge < -0.3 is 4.74 Å². The number of esters is 1. The van der Waals surface area contributed by atoms with E-state index in [1.165, 1.54) is 10.9 Å². The summed E-state index contributed by atoms with van der Waals surface area (Å²) in [6.45, 7) is 0. The molecule has 8 heteroatoms. The van der Waals surface area contributed by atoms with E-state index < -0.39 is 5.97 Å². The van der Waals surface area contributed by atoms with Crippen molar-refractivity contribution in [3.05, 3.63) is 129 Å². The number of nitrogens with zero attached hydrogens (tertiary/aromatic N) is 3. The topological polar surface area (TPSA) is 73.5 Å². The lowest BCUT2D eigenvalue weighted by atomic mass is 10.2. The first-order chi connectivity index (χ1) is 17.5. The summed E-state index contributed by atoms with van der Waals surface area (Å²) >= 11 is 12.1. The highest BCUT2D eigenvalue weighted by atomic mass is 35.5. The van der Waals surface area contributed by atoms with Crippen LogP contribution in [0.5, 0.6) is 5.75 Å². The number of aromatic nitrogens is 2. The van der Waals surface area contributed by atoms with Crippen LogP contribution in [0, 0.1) is 0 Å². The summed E-state index contributed by atoms with van der Waals surface area (Å²) in [7, 11) is 0. The molecule has 5 aromatic rings. The van der Waals surface area contributed by atoms with E-state index in [9.17, 15) is 9.59 Å². The van der Waals surface area contributed by atoms with E-state index in [1.54, 1.807) is 60.7 Å². The third kappa shape index (κ3) is 4.91.